The molecule has 0 heterocycles. The van der Waals surface area contributed by atoms with E-state index in [0.717, 1.165) is 18.2 Å². The van der Waals surface area contributed by atoms with Crippen molar-refractivity contribution >= 4 is 23.2 Å². The molecule has 0 saturated carbocycles. The third-order valence-electron chi connectivity index (χ3n) is 3.78. The van der Waals surface area contributed by atoms with Gasteiger partial charge in [-0.15, -0.1) is 0 Å². The monoisotopic (exact) mass is 361 g/mol. The molecule has 2 amide bonds. The van der Waals surface area contributed by atoms with Crippen molar-refractivity contribution in [3.8, 4) is 0 Å². The van der Waals surface area contributed by atoms with E-state index in [-0.39, 0.29) is 24.0 Å². The largest absolute Gasteiger partial charge is 0.376 e. The summed E-state index contributed by atoms with van der Waals surface area (Å²) >= 11 is 0. The molecule has 0 saturated heterocycles. The van der Waals surface area contributed by atoms with E-state index in [1.54, 1.807) is 29.2 Å². The SMILES string of the molecule is CCN(CC)C(=O)c1ccc(NC(=O)CNc2cc(F)cc(F)c2)cc1. The average Bonchev–Trinajstić information content (AvgIpc) is 2.61. The maximum Gasteiger partial charge on any atom is 0.253 e. The number of carbonyl (C=O) groups excluding carboxylic acids is 2. The summed E-state index contributed by atoms with van der Waals surface area (Å²) in [6.07, 6.45) is 0. The lowest BCUT2D eigenvalue weighted by Gasteiger charge is -2.18. The third kappa shape index (κ3) is 5.27. The molecule has 0 unspecified atom stereocenters. The lowest BCUT2D eigenvalue weighted by Crippen LogP contribution is -2.30. The van der Waals surface area contributed by atoms with Gasteiger partial charge in [-0.2, -0.15) is 0 Å². The minimum Gasteiger partial charge on any atom is -0.376 e. The first-order chi connectivity index (χ1) is 12.4. The highest BCUT2D eigenvalue weighted by Gasteiger charge is 2.12. The number of halogens is 2. The van der Waals surface area contributed by atoms with Crippen LogP contribution in [0.25, 0.3) is 0 Å². The van der Waals surface area contributed by atoms with Gasteiger partial charge in [-0.05, 0) is 50.2 Å². The Morgan fingerprint density at radius 2 is 1.50 bits per heavy atom. The number of amides is 2. The van der Waals surface area contributed by atoms with Crippen LogP contribution in [0.1, 0.15) is 24.2 Å². The molecule has 26 heavy (non-hydrogen) atoms. The van der Waals surface area contributed by atoms with Crippen LogP contribution in [0, 0.1) is 11.6 Å². The number of nitrogens with zero attached hydrogens (tertiary/aromatic N) is 1. The highest BCUT2D eigenvalue weighted by atomic mass is 19.1. The fraction of sp³-hybridized carbons (Fsp3) is 0.263. The van der Waals surface area contributed by atoms with E-state index in [1.165, 1.54) is 0 Å². The highest BCUT2D eigenvalue weighted by Crippen LogP contribution is 2.14. The summed E-state index contributed by atoms with van der Waals surface area (Å²) in [5.74, 6) is -1.89. The van der Waals surface area contributed by atoms with Crippen molar-refractivity contribution in [2.45, 2.75) is 13.8 Å². The molecule has 2 N–H and O–H groups in total. The highest BCUT2D eigenvalue weighted by molar-refractivity contribution is 5.96. The summed E-state index contributed by atoms with van der Waals surface area (Å²) in [4.78, 5) is 25.9. The van der Waals surface area contributed by atoms with E-state index in [1.807, 2.05) is 13.8 Å². The summed E-state index contributed by atoms with van der Waals surface area (Å²) in [5.41, 5.74) is 1.25. The van der Waals surface area contributed by atoms with Crippen LogP contribution in [0.5, 0.6) is 0 Å². The van der Waals surface area contributed by atoms with Crippen molar-refractivity contribution < 1.29 is 18.4 Å². The van der Waals surface area contributed by atoms with E-state index >= 15 is 0 Å². The molecule has 138 valence electrons. The van der Waals surface area contributed by atoms with Gasteiger partial charge in [-0.25, -0.2) is 8.78 Å². The Hall–Kier alpha value is -2.96. The van der Waals surface area contributed by atoms with Gasteiger partial charge < -0.3 is 15.5 Å². The minimum absolute atomic E-state index is 0.0670. The molecular weight excluding hydrogens is 340 g/mol. The summed E-state index contributed by atoms with van der Waals surface area (Å²) in [6, 6.07) is 9.52. The van der Waals surface area contributed by atoms with E-state index in [0.29, 0.717) is 24.3 Å². The summed E-state index contributed by atoms with van der Waals surface area (Å²) in [6.45, 7) is 4.92. The summed E-state index contributed by atoms with van der Waals surface area (Å²) in [7, 11) is 0. The number of carbonyl (C=O) groups is 2. The van der Waals surface area contributed by atoms with Crippen molar-refractivity contribution in [2.75, 3.05) is 30.3 Å². The molecule has 0 fully saturated rings. The molecule has 0 spiro atoms. The fourth-order valence-corrected chi connectivity index (χ4v) is 2.43. The molecule has 0 radical (unpaired) electrons. The molecule has 0 aromatic heterocycles. The molecule has 5 nitrogen and oxygen atoms in total. The average molecular weight is 361 g/mol. The van der Waals surface area contributed by atoms with Crippen molar-refractivity contribution in [2.24, 2.45) is 0 Å². The van der Waals surface area contributed by atoms with Crippen LogP contribution >= 0.6 is 0 Å². The Morgan fingerprint density at radius 1 is 0.923 bits per heavy atom. The van der Waals surface area contributed by atoms with Crippen molar-refractivity contribution in [3.63, 3.8) is 0 Å². The van der Waals surface area contributed by atoms with E-state index < -0.39 is 11.6 Å². The van der Waals surface area contributed by atoms with Gasteiger partial charge in [0.25, 0.3) is 5.91 Å². The predicted molar refractivity (Wildman–Crippen MR) is 97.2 cm³/mol. The van der Waals surface area contributed by atoms with Crippen LogP contribution in [0.2, 0.25) is 0 Å². The lowest BCUT2D eigenvalue weighted by atomic mass is 10.1. The Morgan fingerprint density at radius 3 is 2.04 bits per heavy atom. The zero-order valence-corrected chi connectivity index (χ0v) is 14.7. The maximum atomic E-state index is 13.1. The Bertz CT molecular complexity index is 755. The molecule has 0 aliphatic rings. The molecule has 2 aromatic rings. The van der Waals surface area contributed by atoms with E-state index in [2.05, 4.69) is 10.6 Å². The van der Waals surface area contributed by atoms with Gasteiger partial charge in [-0.3, -0.25) is 9.59 Å². The van der Waals surface area contributed by atoms with Crippen molar-refractivity contribution in [3.05, 3.63) is 59.7 Å². The molecule has 0 aliphatic carbocycles. The summed E-state index contributed by atoms with van der Waals surface area (Å²) in [5, 5.41) is 5.30. The molecule has 0 bridgehead atoms. The smallest absolute Gasteiger partial charge is 0.253 e. The van der Waals surface area contributed by atoms with Gasteiger partial charge in [0.05, 0.1) is 6.54 Å². The minimum atomic E-state index is -0.721. The molecular formula is C19H21F2N3O2. The quantitative estimate of drug-likeness (QED) is 0.794. The number of hydrogen-bond donors (Lipinski definition) is 2. The van der Waals surface area contributed by atoms with Crippen LogP contribution in [-0.2, 0) is 4.79 Å². The van der Waals surface area contributed by atoms with Gasteiger partial charge in [0, 0.05) is 36.1 Å². The van der Waals surface area contributed by atoms with Crippen LogP contribution < -0.4 is 10.6 Å². The van der Waals surface area contributed by atoms with Crippen LogP contribution in [0.3, 0.4) is 0 Å². The Kier molecular flexibility index (Phi) is 6.66. The molecule has 2 aromatic carbocycles. The lowest BCUT2D eigenvalue weighted by molar-refractivity contribution is -0.114. The summed E-state index contributed by atoms with van der Waals surface area (Å²) < 4.78 is 26.2. The number of hydrogen-bond acceptors (Lipinski definition) is 3. The van der Waals surface area contributed by atoms with Gasteiger partial charge >= 0.3 is 0 Å². The van der Waals surface area contributed by atoms with Crippen LogP contribution in [-0.4, -0.2) is 36.3 Å². The van der Waals surface area contributed by atoms with Crippen LogP contribution in [0.15, 0.2) is 42.5 Å². The second kappa shape index (κ2) is 8.94. The third-order valence-corrected chi connectivity index (χ3v) is 3.78. The zero-order chi connectivity index (χ0) is 19.1. The molecule has 0 aliphatic heterocycles. The zero-order valence-electron chi connectivity index (χ0n) is 14.7. The second-order valence-electron chi connectivity index (χ2n) is 5.61. The number of anilines is 2. The van der Waals surface area contributed by atoms with Crippen LogP contribution in [0.4, 0.5) is 20.2 Å². The maximum absolute atomic E-state index is 13.1. The molecule has 7 heteroatoms. The number of benzene rings is 2. The predicted octanol–water partition coefficient (Wildman–Crippen LogP) is 3.50. The first kappa shape index (κ1) is 19.4. The van der Waals surface area contributed by atoms with Crippen molar-refractivity contribution in [1.82, 2.24) is 4.90 Å². The number of nitrogens with one attached hydrogen (secondary N) is 2. The topological polar surface area (TPSA) is 61.4 Å². The normalized spacial score (nSPS) is 10.3. The Labute approximate surface area is 151 Å². The Balaban J connectivity index is 1.92. The first-order valence-electron chi connectivity index (χ1n) is 8.32. The van der Waals surface area contributed by atoms with Gasteiger partial charge in [0.2, 0.25) is 5.91 Å². The van der Waals surface area contributed by atoms with Gasteiger partial charge in [0.1, 0.15) is 11.6 Å². The van der Waals surface area contributed by atoms with Gasteiger partial charge in [-0.1, -0.05) is 0 Å². The standard InChI is InChI=1S/C19H21F2N3O2/c1-3-24(4-2)19(26)13-5-7-16(8-6-13)23-18(25)12-22-17-10-14(20)9-15(21)11-17/h5-11,22H,3-4,12H2,1-2H3,(H,23,25). The fourth-order valence-electron chi connectivity index (χ4n) is 2.43. The van der Waals surface area contributed by atoms with Gasteiger partial charge in [0.15, 0.2) is 0 Å². The number of rotatable bonds is 7. The van der Waals surface area contributed by atoms with E-state index in [9.17, 15) is 18.4 Å². The second-order valence-corrected chi connectivity index (χ2v) is 5.61. The molecule has 2 rings (SSSR count). The van der Waals surface area contributed by atoms with E-state index in [4.69, 9.17) is 0 Å². The first-order valence-corrected chi connectivity index (χ1v) is 8.32. The van der Waals surface area contributed by atoms with Crippen molar-refractivity contribution in [1.29, 1.82) is 0 Å². The molecule has 0 atom stereocenters.